The van der Waals surface area contributed by atoms with E-state index < -0.39 is 0 Å². The first kappa shape index (κ1) is 17.4. The van der Waals surface area contributed by atoms with E-state index >= 15 is 0 Å². The van der Waals surface area contributed by atoms with Gasteiger partial charge in [-0.05, 0) is 25.0 Å². The molecule has 3 heterocycles. The molecule has 2 aliphatic heterocycles. The zero-order valence-corrected chi connectivity index (χ0v) is 14.9. The Morgan fingerprint density at radius 1 is 1.15 bits per heavy atom. The van der Waals surface area contributed by atoms with Crippen LogP contribution in [0.1, 0.15) is 12.8 Å². The maximum Gasteiger partial charge on any atom is 0.225 e. The quantitative estimate of drug-likeness (QED) is 0.834. The minimum absolute atomic E-state index is 0.146. The van der Waals surface area contributed by atoms with Gasteiger partial charge in [0.1, 0.15) is 5.82 Å². The highest BCUT2D eigenvalue weighted by Crippen LogP contribution is 2.19. The van der Waals surface area contributed by atoms with Gasteiger partial charge in [0, 0.05) is 64.5 Å². The van der Waals surface area contributed by atoms with Gasteiger partial charge in [-0.1, -0.05) is 0 Å². The van der Waals surface area contributed by atoms with Gasteiger partial charge in [0.15, 0.2) is 0 Å². The van der Waals surface area contributed by atoms with E-state index in [9.17, 15) is 9.18 Å². The first-order valence-corrected chi connectivity index (χ1v) is 9.40. The first-order chi connectivity index (χ1) is 12.7. The van der Waals surface area contributed by atoms with E-state index in [1.807, 2.05) is 4.90 Å². The lowest BCUT2D eigenvalue weighted by molar-refractivity contribution is -0.140. The summed E-state index contributed by atoms with van der Waals surface area (Å²) >= 11 is 0. The Morgan fingerprint density at radius 3 is 2.69 bits per heavy atom. The predicted octanol–water partition coefficient (Wildman–Crippen LogP) is 1.75. The third-order valence-electron chi connectivity index (χ3n) is 5.49. The molecule has 0 bridgehead atoms. The van der Waals surface area contributed by atoms with Crippen molar-refractivity contribution in [2.75, 3.05) is 45.9 Å². The van der Waals surface area contributed by atoms with Crippen LogP contribution in [-0.4, -0.2) is 71.2 Å². The fourth-order valence-electron chi connectivity index (χ4n) is 3.86. The molecule has 2 aromatic rings. The van der Waals surface area contributed by atoms with E-state index in [0.717, 1.165) is 57.6 Å². The van der Waals surface area contributed by atoms with Crippen LogP contribution in [0, 0.1) is 11.7 Å². The highest BCUT2D eigenvalue weighted by atomic mass is 19.1. The molecule has 0 radical (unpaired) electrons. The average molecular weight is 360 g/mol. The Bertz CT molecular complexity index is 764. The molecule has 2 aliphatic rings. The van der Waals surface area contributed by atoms with Gasteiger partial charge in [0.2, 0.25) is 5.91 Å². The van der Waals surface area contributed by atoms with Crippen LogP contribution >= 0.6 is 0 Å². The average Bonchev–Trinajstić information content (AvgIpc) is 3.09. The first-order valence-electron chi connectivity index (χ1n) is 9.40. The van der Waals surface area contributed by atoms with Crippen LogP contribution in [0.25, 0.3) is 11.0 Å². The van der Waals surface area contributed by atoms with Crippen molar-refractivity contribution in [3.05, 3.63) is 30.3 Å². The van der Waals surface area contributed by atoms with E-state index in [4.69, 9.17) is 4.74 Å². The second kappa shape index (κ2) is 7.72. The minimum atomic E-state index is -0.256. The monoisotopic (exact) mass is 360 g/mol. The van der Waals surface area contributed by atoms with Gasteiger partial charge in [-0.3, -0.25) is 9.69 Å². The van der Waals surface area contributed by atoms with Crippen LogP contribution in [0.4, 0.5) is 4.39 Å². The number of imidazole rings is 1. The summed E-state index contributed by atoms with van der Waals surface area (Å²) in [6.45, 7) is 6.53. The van der Waals surface area contributed by atoms with Crippen LogP contribution < -0.4 is 0 Å². The number of amides is 1. The smallest absolute Gasteiger partial charge is 0.225 e. The van der Waals surface area contributed by atoms with Gasteiger partial charge in [-0.25, -0.2) is 9.37 Å². The van der Waals surface area contributed by atoms with Crippen molar-refractivity contribution in [3.63, 3.8) is 0 Å². The second-order valence-electron chi connectivity index (χ2n) is 7.12. The molecule has 7 heteroatoms. The fraction of sp³-hybridized carbons (Fsp3) is 0.579. The highest BCUT2D eigenvalue weighted by molar-refractivity contribution is 5.79. The summed E-state index contributed by atoms with van der Waals surface area (Å²) in [4.78, 5) is 21.3. The maximum atomic E-state index is 13.3. The summed E-state index contributed by atoms with van der Waals surface area (Å²) in [6, 6.07) is 4.72. The van der Waals surface area contributed by atoms with Gasteiger partial charge in [-0.2, -0.15) is 0 Å². The van der Waals surface area contributed by atoms with Gasteiger partial charge >= 0.3 is 0 Å². The number of aromatic nitrogens is 2. The van der Waals surface area contributed by atoms with Crippen molar-refractivity contribution in [2.24, 2.45) is 5.92 Å². The molecule has 6 nitrogen and oxygen atoms in total. The molecule has 0 saturated carbocycles. The fourth-order valence-corrected chi connectivity index (χ4v) is 3.86. The third-order valence-corrected chi connectivity index (χ3v) is 5.49. The summed E-state index contributed by atoms with van der Waals surface area (Å²) in [7, 11) is 0. The van der Waals surface area contributed by atoms with Gasteiger partial charge < -0.3 is 14.2 Å². The molecule has 1 aromatic heterocycles. The number of carbonyl (C=O) groups is 1. The van der Waals surface area contributed by atoms with Crippen LogP contribution in [-0.2, 0) is 16.1 Å². The van der Waals surface area contributed by atoms with Crippen LogP contribution in [0.5, 0.6) is 0 Å². The number of halogens is 1. The van der Waals surface area contributed by atoms with Crippen molar-refractivity contribution in [2.45, 2.75) is 19.4 Å². The lowest BCUT2D eigenvalue weighted by Gasteiger charge is -2.37. The molecule has 2 fully saturated rings. The van der Waals surface area contributed by atoms with Gasteiger partial charge in [0.05, 0.1) is 17.4 Å². The summed E-state index contributed by atoms with van der Waals surface area (Å²) in [5, 5.41) is 0. The number of rotatable bonds is 4. The Kier molecular flexibility index (Phi) is 5.17. The Balaban J connectivity index is 1.27. The molecule has 26 heavy (non-hydrogen) atoms. The topological polar surface area (TPSA) is 50.6 Å². The number of hydrogen-bond acceptors (Lipinski definition) is 4. The number of ether oxygens (including phenoxy) is 1. The summed E-state index contributed by atoms with van der Waals surface area (Å²) < 4.78 is 20.7. The SMILES string of the molecule is O=C(C1CCOCC1)N1CCN(CCn2cnc3cc(F)ccc32)CC1. The summed E-state index contributed by atoms with van der Waals surface area (Å²) in [5.74, 6) is 0.191. The number of hydrogen-bond donors (Lipinski definition) is 0. The molecule has 1 aromatic carbocycles. The van der Waals surface area contributed by atoms with E-state index in [-0.39, 0.29) is 11.7 Å². The lowest BCUT2D eigenvalue weighted by Crippen LogP contribution is -2.51. The molecular formula is C19H25FN4O2. The summed E-state index contributed by atoms with van der Waals surface area (Å²) in [5.41, 5.74) is 1.65. The zero-order valence-electron chi connectivity index (χ0n) is 14.9. The van der Waals surface area contributed by atoms with Crippen molar-refractivity contribution in [1.82, 2.24) is 19.4 Å². The van der Waals surface area contributed by atoms with Crippen molar-refractivity contribution < 1.29 is 13.9 Å². The largest absolute Gasteiger partial charge is 0.381 e. The van der Waals surface area contributed by atoms with Crippen molar-refractivity contribution >= 4 is 16.9 Å². The molecule has 140 valence electrons. The molecule has 0 spiro atoms. The van der Waals surface area contributed by atoms with E-state index in [1.54, 1.807) is 12.4 Å². The summed E-state index contributed by atoms with van der Waals surface area (Å²) in [6.07, 6.45) is 3.48. The minimum Gasteiger partial charge on any atom is -0.381 e. The molecule has 0 unspecified atom stereocenters. The molecule has 0 atom stereocenters. The van der Waals surface area contributed by atoms with Gasteiger partial charge in [-0.15, -0.1) is 0 Å². The molecule has 4 rings (SSSR count). The normalized spacial score (nSPS) is 20.0. The van der Waals surface area contributed by atoms with Gasteiger partial charge in [0.25, 0.3) is 0 Å². The lowest BCUT2D eigenvalue weighted by atomic mass is 9.98. The van der Waals surface area contributed by atoms with E-state index in [0.29, 0.717) is 24.6 Å². The predicted molar refractivity (Wildman–Crippen MR) is 96.3 cm³/mol. The second-order valence-corrected chi connectivity index (χ2v) is 7.12. The molecule has 2 saturated heterocycles. The van der Waals surface area contributed by atoms with Crippen molar-refractivity contribution in [1.29, 1.82) is 0 Å². The number of fused-ring (bicyclic) bond motifs is 1. The Morgan fingerprint density at radius 2 is 1.92 bits per heavy atom. The molecule has 1 amide bonds. The highest BCUT2D eigenvalue weighted by Gasteiger charge is 2.28. The number of carbonyl (C=O) groups excluding carboxylic acids is 1. The van der Waals surface area contributed by atoms with Crippen LogP contribution in [0.3, 0.4) is 0 Å². The van der Waals surface area contributed by atoms with E-state index in [1.165, 1.54) is 12.1 Å². The number of nitrogens with zero attached hydrogens (tertiary/aromatic N) is 4. The zero-order chi connectivity index (χ0) is 17.9. The third kappa shape index (κ3) is 3.73. The van der Waals surface area contributed by atoms with Crippen LogP contribution in [0.15, 0.2) is 24.5 Å². The van der Waals surface area contributed by atoms with Crippen molar-refractivity contribution in [3.8, 4) is 0 Å². The number of benzene rings is 1. The molecule has 0 aliphatic carbocycles. The van der Waals surface area contributed by atoms with E-state index in [2.05, 4.69) is 14.5 Å². The van der Waals surface area contributed by atoms with Crippen LogP contribution in [0.2, 0.25) is 0 Å². The standard InChI is InChI=1S/C19H25FN4O2/c20-16-1-2-18-17(13-16)21-14-24(18)10-7-22-5-8-23(9-6-22)19(25)15-3-11-26-12-4-15/h1-2,13-15H,3-12H2. The Labute approximate surface area is 152 Å². The Hall–Kier alpha value is -1.99. The maximum absolute atomic E-state index is 13.3. The molecular weight excluding hydrogens is 335 g/mol. The molecule has 0 N–H and O–H groups in total. The number of piperazine rings is 1.